The molecule has 40 heavy (non-hydrogen) atoms. The van der Waals surface area contributed by atoms with Crippen molar-refractivity contribution in [1.82, 2.24) is 10.3 Å². The molecule has 0 spiro atoms. The van der Waals surface area contributed by atoms with Gasteiger partial charge in [0.1, 0.15) is 11.3 Å². The molecule has 0 saturated heterocycles. The summed E-state index contributed by atoms with van der Waals surface area (Å²) in [7, 11) is -3.45. The van der Waals surface area contributed by atoms with Gasteiger partial charge in [-0.05, 0) is 48.4 Å². The number of carbonyl (C=O) groups is 1. The van der Waals surface area contributed by atoms with Gasteiger partial charge < -0.3 is 14.8 Å². The van der Waals surface area contributed by atoms with Crippen LogP contribution in [0.1, 0.15) is 58.4 Å². The molecule has 2 aromatic carbocycles. The minimum atomic E-state index is -4.59. The van der Waals surface area contributed by atoms with Crippen LogP contribution in [0.15, 0.2) is 64.0 Å². The first kappa shape index (κ1) is 29.6. The highest BCUT2D eigenvalue weighted by molar-refractivity contribution is 7.91. The zero-order chi connectivity index (χ0) is 29.2. The molecule has 0 unspecified atom stereocenters. The van der Waals surface area contributed by atoms with E-state index < -0.39 is 40.1 Å². The van der Waals surface area contributed by atoms with Crippen LogP contribution >= 0.6 is 11.6 Å². The molecule has 4 aromatic rings. The number of aliphatic hydroxyl groups is 1. The van der Waals surface area contributed by atoms with Crippen LogP contribution in [-0.4, -0.2) is 36.8 Å². The average Bonchev–Trinajstić information content (AvgIpc) is 3.28. The van der Waals surface area contributed by atoms with Gasteiger partial charge in [0, 0.05) is 34.2 Å². The maximum atomic E-state index is 13.6. The lowest BCUT2D eigenvalue weighted by Crippen LogP contribution is -2.31. The molecule has 2 N–H and O–H groups in total. The number of hydrogen-bond donors (Lipinski definition) is 2. The molecular formula is C28H26ClF3N2O5S. The fraction of sp³-hybridized carbons (Fsp3) is 0.286. The number of furan rings is 1. The SMILES string of the molecule is CCc1c(Cc2ccc(Cl)cc2C(F)(F)F)oc2cc(C(=O)N[C@@H](CO)c3ccc(S(=O)(=O)CC)cn3)ccc12. The number of amides is 1. The van der Waals surface area contributed by atoms with Crippen molar-refractivity contribution in [3.63, 3.8) is 0 Å². The van der Waals surface area contributed by atoms with Gasteiger partial charge in [-0.25, -0.2) is 8.42 Å². The number of hydrogen-bond acceptors (Lipinski definition) is 6. The summed E-state index contributed by atoms with van der Waals surface area (Å²) in [6, 6.07) is 10.2. The predicted molar refractivity (Wildman–Crippen MR) is 144 cm³/mol. The topological polar surface area (TPSA) is 109 Å². The summed E-state index contributed by atoms with van der Waals surface area (Å²) < 4.78 is 70.9. The second-order valence-electron chi connectivity index (χ2n) is 9.08. The van der Waals surface area contributed by atoms with Crippen LogP contribution < -0.4 is 5.32 Å². The van der Waals surface area contributed by atoms with E-state index in [4.69, 9.17) is 16.0 Å². The minimum absolute atomic E-state index is 0.0136. The van der Waals surface area contributed by atoms with Gasteiger partial charge in [-0.1, -0.05) is 37.6 Å². The fourth-order valence-electron chi connectivity index (χ4n) is 4.42. The molecule has 1 amide bonds. The molecular weight excluding hydrogens is 569 g/mol. The molecule has 0 bridgehead atoms. The van der Waals surface area contributed by atoms with Crippen LogP contribution in [0.2, 0.25) is 5.02 Å². The smallest absolute Gasteiger partial charge is 0.416 e. The van der Waals surface area contributed by atoms with Gasteiger partial charge in [-0.2, -0.15) is 13.2 Å². The third-order valence-corrected chi connectivity index (χ3v) is 8.52. The van der Waals surface area contributed by atoms with Crippen LogP contribution in [0.4, 0.5) is 13.2 Å². The van der Waals surface area contributed by atoms with E-state index in [1.807, 2.05) is 6.92 Å². The molecule has 0 radical (unpaired) electrons. The number of aromatic nitrogens is 1. The Labute approximate surface area is 233 Å². The molecule has 7 nitrogen and oxygen atoms in total. The molecule has 4 rings (SSSR count). The Hall–Kier alpha value is -3.41. The third kappa shape index (κ3) is 6.16. The first-order valence-corrected chi connectivity index (χ1v) is 14.4. The maximum absolute atomic E-state index is 13.6. The van der Waals surface area contributed by atoms with E-state index in [2.05, 4.69) is 10.3 Å². The van der Waals surface area contributed by atoms with Gasteiger partial charge in [0.2, 0.25) is 0 Å². The highest BCUT2D eigenvalue weighted by Crippen LogP contribution is 2.36. The lowest BCUT2D eigenvalue weighted by Gasteiger charge is -2.16. The molecule has 0 aliphatic carbocycles. The Morgan fingerprint density at radius 3 is 2.48 bits per heavy atom. The molecule has 1 atom stereocenters. The summed E-state index contributed by atoms with van der Waals surface area (Å²) in [4.78, 5) is 17.1. The zero-order valence-electron chi connectivity index (χ0n) is 21.5. The summed E-state index contributed by atoms with van der Waals surface area (Å²) in [5.41, 5.74) is 0.691. The lowest BCUT2D eigenvalue weighted by molar-refractivity contribution is -0.138. The van der Waals surface area contributed by atoms with Crippen molar-refractivity contribution in [2.24, 2.45) is 0 Å². The van der Waals surface area contributed by atoms with E-state index in [1.54, 1.807) is 12.1 Å². The summed E-state index contributed by atoms with van der Waals surface area (Å²) in [5.74, 6) is -0.294. The van der Waals surface area contributed by atoms with Gasteiger partial charge in [0.15, 0.2) is 9.84 Å². The van der Waals surface area contributed by atoms with E-state index >= 15 is 0 Å². The highest BCUT2D eigenvalue weighted by Gasteiger charge is 2.34. The number of nitrogens with zero attached hydrogens (tertiary/aromatic N) is 1. The van der Waals surface area contributed by atoms with Crippen molar-refractivity contribution < 1.29 is 35.9 Å². The van der Waals surface area contributed by atoms with Gasteiger partial charge in [0.05, 0.1) is 34.6 Å². The van der Waals surface area contributed by atoms with Crippen LogP contribution in [0.25, 0.3) is 11.0 Å². The Morgan fingerprint density at radius 2 is 1.88 bits per heavy atom. The zero-order valence-corrected chi connectivity index (χ0v) is 23.1. The molecule has 2 aromatic heterocycles. The normalized spacial score (nSPS) is 13.0. The van der Waals surface area contributed by atoms with Crippen LogP contribution in [0, 0.1) is 0 Å². The van der Waals surface area contributed by atoms with Crippen LogP contribution in [-0.2, 0) is 28.9 Å². The van der Waals surface area contributed by atoms with E-state index in [0.29, 0.717) is 23.2 Å². The number of sulfone groups is 1. The standard InChI is InChI=1S/C28H26ClF3N2O5S/c1-3-20-21-9-6-17(27(36)34-24(15-35)23-10-8-19(14-33-23)40(37,38)4-2)12-26(21)39-25(20)11-16-5-7-18(29)13-22(16)28(30,31)32/h5-10,12-14,24,35H,3-4,11,15H2,1-2H3,(H,34,36)/t24-/m0/s1. The molecule has 12 heteroatoms. The number of benzene rings is 2. The van der Waals surface area contributed by atoms with Crippen LogP contribution in [0.3, 0.4) is 0 Å². The molecule has 212 valence electrons. The third-order valence-electron chi connectivity index (χ3n) is 6.56. The van der Waals surface area contributed by atoms with Gasteiger partial charge in [-0.15, -0.1) is 0 Å². The van der Waals surface area contributed by atoms with Crippen molar-refractivity contribution in [3.8, 4) is 0 Å². The molecule has 0 saturated carbocycles. The van der Waals surface area contributed by atoms with Gasteiger partial charge in [0.25, 0.3) is 5.91 Å². The van der Waals surface area contributed by atoms with Gasteiger partial charge >= 0.3 is 6.18 Å². The number of halogens is 4. The Kier molecular flexibility index (Phi) is 8.57. The summed E-state index contributed by atoms with van der Waals surface area (Å²) in [6.45, 7) is 2.88. The summed E-state index contributed by atoms with van der Waals surface area (Å²) in [5, 5.41) is 13.2. The largest absolute Gasteiger partial charge is 0.460 e. The van der Waals surface area contributed by atoms with E-state index in [9.17, 15) is 31.5 Å². The van der Waals surface area contributed by atoms with E-state index in [0.717, 1.165) is 11.6 Å². The second kappa shape index (κ2) is 11.6. The first-order valence-electron chi connectivity index (χ1n) is 12.4. The van der Waals surface area contributed by atoms with Crippen molar-refractivity contribution in [2.45, 2.75) is 43.8 Å². The number of fused-ring (bicyclic) bond motifs is 1. The number of carbonyl (C=O) groups excluding carboxylic acids is 1. The number of nitrogens with one attached hydrogen (secondary N) is 1. The second-order valence-corrected chi connectivity index (χ2v) is 11.8. The number of aliphatic hydroxyl groups excluding tert-OH is 1. The molecule has 0 aliphatic heterocycles. The van der Waals surface area contributed by atoms with Gasteiger partial charge in [-0.3, -0.25) is 9.78 Å². The Balaban J connectivity index is 1.60. The number of alkyl halides is 3. The highest BCUT2D eigenvalue weighted by atomic mass is 35.5. The fourth-order valence-corrected chi connectivity index (χ4v) is 5.41. The molecule has 0 fully saturated rings. The van der Waals surface area contributed by atoms with Crippen molar-refractivity contribution in [2.75, 3.05) is 12.4 Å². The lowest BCUT2D eigenvalue weighted by atomic mass is 9.99. The van der Waals surface area contributed by atoms with Crippen LogP contribution in [0.5, 0.6) is 0 Å². The van der Waals surface area contributed by atoms with E-state index in [1.165, 1.54) is 43.5 Å². The summed E-state index contributed by atoms with van der Waals surface area (Å²) >= 11 is 5.81. The number of rotatable bonds is 9. The number of pyridine rings is 1. The predicted octanol–water partition coefficient (Wildman–Crippen LogP) is 5.91. The average molecular weight is 595 g/mol. The summed E-state index contributed by atoms with van der Waals surface area (Å²) in [6.07, 6.45) is -3.04. The van der Waals surface area contributed by atoms with E-state index in [-0.39, 0.29) is 38.9 Å². The van der Waals surface area contributed by atoms with Crippen molar-refractivity contribution in [1.29, 1.82) is 0 Å². The Morgan fingerprint density at radius 1 is 1.12 bits per heavy atom. The van der Waals surface area contributed by atoms with Crippen molar-refractivity contribution >= 4 is 38.3 Å². The molecule has 2 heterocycles. The first-order chi connectivity index (χ1) is 18.9. The Bertz CT molecular complexity index is 1650. The maximum Gasteiger partial charge on any atom is 0.416 e. The quantitative estimate of drug-likeness (QED) is 0.249. The monoisotopic (exact) mass is 594 g/mol. The minimum Gasteiger partial charge on any atom is -0.460 e. The molecule has 0 aliphatic rings. The van der Waals surface area contributed by atoms with Crippen molar-refractivity contribution in [3.05, 3.63) is 93.5 Å². The number of aryl methyl sites for hydroxylation is 1.